The number of amides is 1. The van der Waals surface area contributed by atoms with Crippen molar-refractivity contribution in [1.29, 1.82) is 0 Å². The number of carbonyl (C=O) groups is 1. The average Bonchev–Trinajstić information content (AvgIpc) is 2.67. The molecule has 1 N–H and O–H groups in total. The maximum atomic E-state index is 12.3. The molecule has 0 aromatic carbocycles. The van der Waals surface area contributed by atoms with Crippen LogP contribution >= 0.6 is 11.8 Å². The number of nitrogens with zero attached hydrogens (tertiary/aromatic N) is 2. The van der Waals surface area contributed by atoms with Gasteiger partial charge in [-0.3, -0.25) is 9.69 Å². The van der Waals surface area contributed by atoms with Gasteiger partial charge >= 0.3 is 0 Å². The van der Waals surface area contributed by atoms with E-state index in [1.807, 2.05) is 11.8 Å². The number of carbonyl (C=O) groups excluding carboxylic acids is 1. The van der Waals surface area contributed by atoms with E-state index in [-0.39, 0.29) is 0 Å². The van der Waals surface area contributed by atoms with E-state index in [1.165, 1.54) is 6.42 Å². The lowest BCUT2D eigenvalue weighted by atomic mass is 10.3. The molecular weight excluding hydrogens is 246 g/mol. The highest BCUT2D eigenvalue weighted by molar-refractivity contribution is 8.00. The summed E-state index contributed by atoms with van der Waals surface area (Å²) in [5, 5.41) is 4.02. The summed E-state index contributed by atoms with van der Waals surface area (Å²) >= 11 is 2.02. The van der Waals surface area contributed by atoms with Gasteiger partial charge in [-0.1, -0.05) is 6.92 Å². The van der Waals surface area contributed by atoms with E-state index in [4.69, 9.17) is 0 Å². The summed E-state index contributed by atoms with van der Waals surface area (Å²) in [7, 11) is 0. The van der Waals surface area contributed by atoms with Gasteiger partial charge in [0.05, 0.1) is 6.54 Å². The minimum Gasteiger partial charge on any atom is -0.340 e. The van der Waals surface area contributed by atoms with Gasteiger partial charge in [-0.15, -0.1) is 0 Å². The Kier molecular flexibility index (Phi) is 5.79. The van der Waals surface area contributed by atoms with Gasteiger partial charge in [0.1, 0.15) is 0 Å². The number of hydrogen-bond acceptors (Lipinski definition) is 4. The van der Waals surface area contributed by atoms with Crippen LogP contribution in [0.3, 0.4) is 0 Å². The topological polar surface area (TPSA) is 35.6 Å². The van der Waals surface area contributed by atoms with Gasteiger partial charge in [0.2, 0.25) is 5.91 Å². The van der Waals surface area contributed by atoms with E-state index in [2.05, 4.69) is 22.0 Å². The van der Waals surface area contributed by atoms with Crippen LogP contribution in [0.25, 0.3) is 0 Å². The molecule has 1 unspecified atom stereocenters. The largest absolute Gasteiger partial charge is 0.340 e. The molecule has 1 atom stereocenters. The van der Waals surface area contributed by atoms with Gasteiger partial charge in [-0.25, -0.2) is 0 Å². The highest BCUT2D eigenvalue weighted by Crippen LogP contribution is 2.21. The molecule has 0 saturated carbocycles. The maximum Gasteiger partial charge on any atom is 0.236 e. The highest BCUT2D eigenvalue weighted by atomic mass is 32.2. The van der Waals surface area contributed by atoms with Crippen LogP contribution in [0.5, 0.6) is 0 Å². The molecule has 0 bridgehead atoms. The molecule has 2 heterocycles. The van der Waals surface area contributed by atoms with Crippen molar-refractivity contribution in [3.05, 3.63) is 0 Å². The van der Waals surface area contributed by atoms with Crippen LogP contribution in [0.15, 0.2) is 0 Å². The summed E-state index contributed by atoms with van der Waals surface area (Å²) in [4.78, 5) is 16.7. The second kappa shape index (κ2) is 7.36. The molecule has 2 aliphatic heterocycles. The maximum absolute atomic E-state index is 12.3. The quantitative estimate of drug-likeness (QED) is 0.817. The molecule has 1 amide bonds. The molecule has 2 rings (SSSR count). The van der Waals surface area contributed by atoms with Crippen LogP contribution in [0.4, 0.5) is 0 Å². The molecule has 2 fully saturated rings. The van der Waals surface area contributed by atoms with Crippen molar-refractivity contribution in [2.75, 3.05) is 51.6 Å². The zero-order valence-corrected chi connectivity index (χ0v) is 12.2. The minimum absolute atomic E-state index is 0.329. The number of rotatable bonds is 3. The lowest BCUT2D eigenvalue weighted by Gasteiger charge is -2.33. The molecule has 104 valence electrons. The smallest absolute Gasteiger partial charge is 0.236 e. The van der Waals surface area contributed by atoms with Crippen molar-refractivity contribution < 1.29 is 4.79 Å². The normalized spacial score (nSPS) is 26.9. The first-order chi connectivity index (χ1) is 8.79. The third kappa shape index (κ3) is 4.14. The van der Waals surface area contributed by atoms with E-state index in [1.54, 1.807) is 0 Å². The van der Waals surface area contributed by atoms with Crippen LogP contribution in [-0.2, 0) is 4.79 Å². The van der Waals surface area contributed by atoms with E-state index < -0.39 is 0 Å². The fourth-order valence-corrected chi connectivity index (χ4v) is 3.72. The molecule has 2 saturated heterocycles. The van der Waals surface area contributed by atoms with Crippen LogP contribution < -0.4 is 5.32 Å². The van der Waals surface area contributed by atoms with Gasteiger partial charge < -0.3 is 10.2 Å². The minimum atomic E-state index is 0.329. The van der Waals surface area contributed by atoms with E-state index in [9.17, 15) is 4.79 Å². The third-order valence-corrected chi connectivity index (χ3v) is 5.11. The fraction of sp³-hybridized carbons (Fsp3) is 0.923. The fourth-order valence-electron chi connectivity index (χ4n) is 2.54. The first-order valence-electron chi connectivity index (χ1n) is 7.12. The van der Waals surface area contributed by atoms with Crippen molar-refractivity contribution in [2.45, 2.75) is 25.0 Å². The van der Waals surface area contributed by atoms with Crippen LogP contribution in [-0.4, -0.2) is 72.5 Å². The molecule has 18 heavy (non-hydrogen) atoms. The summed E-state index contributed by atoms with van der Waals surface area (Å²) in [6, 6.07) is 0. The highest BCUT2D eigenvalue weighted by Gasteiger charge is 2.24. The lowest BCUT2D eigenvalue weighted by Crippen LogP contribution is -2.47. The van der Waals surface area contributed by atoms with Crippen molar-refractivity contribution >= 4 is 17.7 Å². The average molecular weight is 271 g/mol. The summed E-state index contributed by atoms with van der Waals surface area (Å²) in [5.41, 5.74) is 0. The third-order valence-electron chi connectivity index (χ3n) is 3.74. The Hall–Kier alpha value is -0.260. The zero-order chi connectivity index (χ0) is 12.8. The van der Waals surface area contributed by atoms with Gasteiger partial charge in [0, 0.05) is 37.2 Å². The number of thioether (sulfide) groups is 1. The Morgan fingerprint density at radius 1 is 1.33 bits per heavy atom. The summed E-state index contributed by atoms with van der Waals surface area (Å²) in [6.07, 6.45) is 2.32. The predicted molar refractivity (Wildman–Crippen MR) is 77.0 cm³/mol. The Labute approximate surface area is 114 Å². The predicted octanol–water partition coefficient (Wildman–Crippen LogP) is 0.636. The SMILES string of the molecule is CCC1CN(C(=O)CN2CCCNCC2)CCS1. The molecule has 0 spiro atoms. The molecule has 5 heteroatoms. The molecule has 0 aromatic heterocycles. The van der Waals surface area contributed by atoms with E-state index >= 15 is 0 Å². The Bertz CT molecular complexity index is 267. The van der Waals surface area contributed by atoms with Crippen molar-refractivity contribution in [2.24, 2.45) is 0 Å². The Balaban J connectivity index is 1.79. The molecule has 4 nitrogen and oxygen atoms in total. The van der Waals surface area contributed by atoms with Gasteiger partial charge in [0.25, 0.3) is 0 Å². The first-order valence-corrected chi connectivity index (χ1v) is 8.17. The van der Waals surface area contributed by atoms with Crippen molar-refractivity contribution in [3.8, 4) is 0 Å². The monoisotopic (exact) mass is 271 g/mol. The van der Waals surface area contributed by atoms with Gasteiger partial charge in [0.15, 0.2) is 0 Å². The molecular formula is C13H25N3OS. The second-order valence-corrected chi connectivity index (χ2v) is 6.53. The van der Waals surface area contributed by atoms with Crippen LogP contribution in [0, 0.1) is 0 Å². The zero-order valence-electron chi connectivity index (χ0n) is 11.4. The standard InChI is InChI=1S/C13H25N3OS/c1-2-12-10-16(8-9-18-12)13(17)11-15-6-3-4-14-5-7-15/h12,14H,2-11H2,1H3. The van der Waals surface area contributed by atoms with Crippen molar-refractivity contribution in [1.82, 2.24) is 15.1 Å². The second-order valence-electron chi connectivity index (χ2n) is 5.12. The Morgan fingerprint density at radius 2 is 2.22 bits per heavy atom. The first kappa shape index (κ1) is 14.2. The van der Waals surface area contributed by atoms with E-state index in [0.29, 0.717) is 17.7 Å². The summed E-state index contributed by atoms with van der Waals surface area (Å²) in [5.74, 6) is 1.43. The van der Waals surface area contributed by atoms with Gasteiger partial charge in [-0.05, 0) is 25.9 Å². The van der Waals surface area contributed by atoms with Crippen LogP contribution in [0.1, 0.15) is 19.8 Å². The molecule has 2 aliphatic rings. The molecule has 0 radical (unpaired) electrons. The molecule has 0 aromatic rings. The summed E-state index contributed by atoms with van der Waals surface area (Å²) < 4.78 is 0. The van der Waals surface area contributed by atoms with Crippen LogP contribution in [0.2, 0.25) is 0 Å². The van der Waals surface area contributed by atoms with E-state index in [0.717, 1.165) is 51.4 Å². The molecule has 0 aliphatic carbocycles. The summed E-state index contributed by atoms with van der Waals surface area (Å²) in [6.45, 7) is 8.88. The lowest BCUT2D eigenvalue weighted by molar-refractivity contribution is -0.132. The number of hydrogen-bond donors (Lipinski definition) is 1. The number of nitrogens with one attached hydrogen (secondary N) is 1. The van der Waals surface area contributed by atoms with Crippen molar-refractivity contribution in [3.63, 3.8) is 0 Å². The van der Waals surface area contributed by atoms with Gasteiger partial charge in [-0.2, -0.15) is 11.8 Å². The Morgan fingerprint density at radius 3 is 3.06 bits per heavy atom.